The van der Waals surface area contributed by atoms with Gasteiger partial charge in [-0.05, 0) is 42.3 Å². The molecule has 0 bridgehead atoms. The fraction of sp³-hybridized carbons (Fsp3) is 0.130. The molecule has 4 nitrogen and oxygen atoms in total. The van der Waals surface area contributed by atoms with Crippen molar-refractivity contribution in [1.29, 1.82) is 0 Å². The van der Waals surface area contributed by atoms with E-state index in [1.807, 2.05) is 53.4 Å². The quantitative estimate of drug-likeness (QED) is 0.569. The highest BCUT2D eigenvalue weighted by molar-refractivity contribution is 8.00. The first-order valence-corrected chi connectivity index (χ1v) is 10.7. The van der Waals surface area contributed by atoms with Gasteiger partial charge in [0.1, 0.15) is 0 Å². The largest absolute Gasteiger partial charge is 0.321 e. The van der Waals surface area contributed by atoms with Crippen LogP contribution in [0.5, 0.6) is 0 Å². The van der Waals surface area contributed by atoms with Gasteiger partial charge in [-0.1, -0.05) is 54.1 Å². The molecule has 0 aliphatic carbocycles. The van der Waals surface area contributed by atoms with Crippen LogP contribution < -0.4 is 10.2 Å². The highest BCUT2D eigenvalue weighted by Crippen LogP contribution is 2.30. The Bertz CT molecular complexity index is 1070. The van der Waals surface area contributed by atoms with Gasteiger partial charge >= 0.3 is 0 Å². The summed E-state index contributed by atoms with van der Waals surface area (Å²) in [6, 6.07) is 22.4. The van der Waals surface area contributed by atoms with E-state index in [2.05, 4.69) is 11.4 Å². The molecule has 0 saturated carbocycles. The predicted molar refractivity (Wildman–Crippen MR) is 119 cm³/mol. The molecule has 0 unspecified atom stereocenters. The Balaban J connectivity index is 1.46. The Morgan fingerprint density at radius 3 is 2.55 bits per heavy atom. The lowest BCUT2D eigenvalue weighted by Crippen LogP contribution is -2.30. The van der Waals surface area contributed by atoms with Crippen LogP contribution in [0.1, 0.15) is 15.9 Å². The van der Waals surface area contributed by atoms with Crippen molar-refractivity contribution in [3.8, 4) is 0 Å². The number of anilines is 2. The summed E-state index contributed by atoms with van der Waals surface area (Å²) in [5.74, 6) is 0.0616. The lowest BCUT2D eigenvalue weighted by Gasteiger charge is -2.17. The summed E-state index contributed by atoms with van der Waals surface area (Å²) < 4.78 is 0. The van der Waals surface area contributed by atoms with Gasteiger partial charge in [0.25, 0.3) is 5.91 Å². The minimum atomic E-state index is -0.250. The average Bonchev–Trinajstić information content (AvgIpc) is 3.18. The van der Waals surface area contributed by atoms with Crippen LogP contribution in [0, 0.1) is 0 Å². The van der Waals surface area contributed by atoms with Crippen LogP contribution in [0.15, 0.2) is 77.7 Å². The molecule has 1 aliphatic rings. The standard InChI is InChI=1S/C23H19ClN2O2S/c24-18-9-3-4-10-19(18)25-23(28)17-8-2-6-12-21(17)29-15-22(27)26-14-13-16-7-1-5-11-20(16)26/h1-12H,13-15H2,(H,25,28). The SMILES string of the molecule is O=C(Nc1ccccc1Cl)c1ccccc1SCC(=O)N1CCc2ccccc21. The van der Waals surface area contributed by atoms with Crippen molar-refractivity contribution in [1.82, 2.24) is 0 Å². The lowest BCUT2D eigenvalue weighted by molar-refractivity contribution is -0.116. The van der Waals surface area contributed by atoms with Crippen molar-refractivity contribution in [3.05, 3.63) is 88.9 Å². The van der Waals surface area contributed by atoms with Gasteiger partial charge in [0, 0.05) is 17.1 Å². The molecule has 2 amide bonds. The zero-order chi connectivity index (χ0) is 20.2. The highest BCUT2D eigenvalue weighted by atomic mass is 35.5. The van der Waals surface area contributed by atoms with E-state index in [0.717, 1.165) is 17.0 Å². The van der Waals surface area contributed by atoms with E-state index in [1.54, 1.807) is 18.2 Å². The summed E-state index contributed by atoms with van der Waals surface area (Å²) >= 11 is 7.52. The lowest BCUT2D eigenvalue weighted by atomic mass is 10.2. The van der Waals surface area contributed by atoms with E-state index in [4.69, 9.17) is 11.6 Å². The molecule has 1 heterocycles. The molecule has 4 rings (SSSR count). The molecular weight excluding hydrogens is 404 g/mol. The molecule has 3 aromatic carbocycles. The van der Waals surface area contributed by atoms with Gasteiger partial charge in [0.15, 0.2) is 0 Å². The number of fused-ring (bicyclic) bond motifs is 1. The third kappa shape index (κ3) is 4.31. The van der Waals surface area contributed by atoms with Crippen LogP contribution in [0.25, 0.3) is 0 Å². The number of rotatable bonds is 5. The topological polar surface area (TPSA) is 49.4 Å². The van der Waals surface area contributed by atoms with Crippen LogP contribution in [-0.4, -0.2) is 24.1 Å². The second-order valence-electron chi connectivity index (χ2n) is 6.64. The Morgan fingerprint density at radius 2 is 1.69 bits per heavy atom. The zero-order valence-electron chi connectivity index (χ0n) is 15.6. The minimum absolute atomic E-state index is 0.0428. The van der Waals surface area contributed by atoms with E-state index in [0.29, 0.717) is 22.8 Å². The molecule has 0 atom stereocenters. The molecule has 1 N–H and O–H groups in total. The van der Waals surface area contributed by atoms with E-state index >= 15 is 0 Å². The maximum Gasteiger partial charge on any atom is 0.256 e. The highest BCUT2D eigenvalue weighted by Gasteiger charge is 2.24. The number of nitrogens with one attached hydrogen (secondary N) is 1. The molecular formula is C23H19ClN2O2S. The predicted octanol–water partition coefficient (Wildman–Crippen LogP) is 5.27. The number of carbonyl (C=O) groups excluding carboxylic acids is 2. The van der Waals surface area contributed by atoms with Crippen molar-refractivity contribution < 1.29 is 9.59 Å². The molecule has 0 fully saturated rings. The van der Waals surface area contributed by atoms with Crippen molar-refractivity contribution in [2.75, 3.05) is 22.5 Å². The molecule has 0 radical (unpaired) electrons. The van der Waals surface area contributed by atoms with Crippen molar-refractivity contribution in [2.24, 2.45) is 0 Å². The molecule has 0 spiro atoms. The first-order valence-electron chi connectivity index (χ1n) is 9.29. The Morgan fingerprint density at radius 1 is 0.966 bits per heavy atom. The normalized spacial score (nSPS) is 12.5. The van der Waals surface area contributed by atoms with Gasteiger partial charge in [0.2, 0.25) is 5.91 Å². The first kappa shape index (κ1) is 19.6. The Hall–Kier alpha value is -2.76. The smallest absolute Gasteiger partial charge is 0.256 e. The number of amides is 2. The summed E-state index contributed by atoms with van der Waals surface area (Å²) in [5, 5.41) is 3.32. The Labute approximate surface area is 178 Å². The summed E-state index contributed by atoms with van der Waals surface area (Å²) in [4.78, 5) is 28.1. The fourth-order valence-electron chi connectivity index (χ4n) is 3.35. The third-order valence-corrected chi connectivity index (χ3v) is 6.18. The van der Waals surface area contributed by atoms with E-state index < -0.39 is 0 Å². The second kappa shape index (κ2) is 8.72. The van der Waals surface area contributed by atoms with Gasteiger partial charge in [-0.15, -0.1) is 11.8 Å². The van der Waals surface area contributed by atoms with Crippen molar-refractivity contribution in [3.63, 3.8) is 0 Å². The monoisotopic (exact) mass is 422 g/mol. The van der Waals surface area contributed by atoms with Crippen molar-refractivity contribution in [2.45, 2.75) is 11.3 Å². The number of halogens is 1. The molecule has 6 heteroatoms. The number of benzene rings is 3. The average molecular weight is 423 g/mol. The summed E-state index contributed by atoms with van der Waals surface area (Å²) in [7, 11) is 0. The van der Waals surface area contributed by atoms with Crippen LogP contribution >= 0.6 is 23.4 Å². The molecule has 3 aromatic rings. The number of nitrogens with zero attached hydrogens (tertiary/aromatic N) is 1. The fourth-order valence-corrected chi connectivity index (χ4v) is 4.46. The number of hydrogen-bond donors (Lipinski definition) is 1. The van der Waals surface area contributed by atoms with Crippen LogP contribution in [0.3, 0.4) is 0 Å². The summed E-state index contributed by atoms with van der Waals surface area (Å²) in [6.07, 6.45) is 0.878. The van der Waals surface area contributed by atoms with Gasteiger partial charge < -0.3 is 10.2 Å². The van der Waals surface area contributed by atoms with Crippen LogP contribution in [0.2, 0.25) is 5.02 Å². The van der Waals surface area contributed by atoms with Gasteiger partial charge in [-0.2, -0.15) is 0 Å². The zero-order valence-corrected chi connectivity index (χ0v) is 17.2. The van der Waals surface area contributed by atoms with Gasteiger partial charge in [-0.25, -0.2) is 0 Å². The van der Waals surface area contributed by atoms with Gasteiger partial charge in [-0.3, -0.25) is 9.59 Å². The van der Waals surface area contributed by atoms with Gasteiger partial charge in [0.05, 0.1) is 22.0 Å². The number of carbonyl (C=O) groups is 2. The molecule has 0 saturated heterocycles. The maximum absolute atomic E-state index is 12.8. The molecule has 1 aliphatic heterocycles. The second-order valence-corrected chi connectivity index (χ2v) is 8.07. The summed E-state index contributed by atoms with van der Waals surface area (Å²) in [6.45, 7) is 0.702. The first-order chi connectivity index (χ1) is 14.1. The minimum Gasteiger partial charge on any atom is -0.321 e. The molecule has 29 heavy (non-hydrogen) atoms. The molecule has 146 valence electrons. The van der Waals surface area contributed by atoms with Crippen LogP contribution in [-0.2, 0) is 11.2 Å². The third-order valence-electron chi connectivity index (χ3n) is 4.79. The molecule has 0 aromatic heterocycles. The number of thioether (sulfide) groups is 1. The van der Waals surface area contributed by atoms with E-state index in [-0.39, 0.29) is 17.6 Å². The van der Waals surface area contributed by atoms with Crippen molar-refractivity contribution >= 4 is 46.6 Å². The van der Waals surface area contributed by atoms with E-state index in [9.17, 15) is 9.59 Å². The van der Waals surface area contributed by atoms with Crippen LogP contribution in [0.4, 0.5) is 11.4 Å². The van der Waals surface area contributed by atoms with E-state index in [1.165, 1.54) is 17.3 Å². The maximum atomic E-state index is 12.8. The summed E-state index contributed by atoms with van der Waals surface area (Å²) in [5.41, 5.74) is 3.27. The Kier molecular flexibility index (Phi) is 5.88. The number of para-hydroxylation sites is 2. The number of hydrogen-bond acceptors (Lipinski definition) is 3.